The van der Waals surface area contributed by atoms with Crippen LogP contribution in [0, 0.1) is 5.41 Å². The molecule has 3 rings (SSSR count). The maximum Gasteiger partial charge on any atom is 0.0766 e. The van der Waals surface area contributed by atoms with Crippen molar-refractivity contribution in [1.29, 1.82) is 0 Å². The first-order valence-corrected chi connectivity index (χ1v) is 7.47. The van der Waals surface area contributed by atoms with Gasteiger partial charge in [0.15, 0.2) is 0 Å². The van der Waals surface area contributed by atoms with Crippen LogP contribution in [0.4, 0.5) is 0 Å². The van der Waals surface area contributed by atoms with Gasteiger partial charge in [0, 0.05) is 31.3 Å². The number of hydrogen-bond acceptors (Lipinski definition) is 3. The van der Waals surface area contributed by atoms with Gasteiger partial charge in [-0.3, -0.25) is 0 Å². The molecule has 4 nitrogen and oxygen atoms in total. The maximum atomic E-state index is 5.49. The minimum absolute atomic E-state index is 0.191. The van der Waals surface area contributed by atoms with Gasteiger partial charge >= 0.3 is 0 Å². The molecule has 1 aliphatic rings. The molecule has 1 aromatic heterocycles. The minimum atomic E-state index is 0.191. The standard InChI is InChI=1S/C17H23N3O/c1-17(2)15(11-16(17)21-3)18-12-13-9-10-20(19-13)14-7-5-4-6-8-14/h4-10,15-16,18H,11-12H2,1-3H3. The highest BCUT2D eigenvalue weighted by Crippen LogP contribution is 2.42. The van der Waals surface area contributed by atoms with Crippen LogP contribution in [0.2, 0.25) is 0 Å². The number of methoxy groups -OCH3 is 1. The average Bonchev–Trinajstić information content (AvgIpc) is 2.96. The molecule has 1 aliphatic carbocycles. The first-order chi connectivity index (χ1) is 10.1. The molecule has 4 heteroatoms. The first kappa shape index (κ1) is 14.3. The third kappa shape index (κ3) is 2.74. The molecule has 1 fully saturated rings. The SMILES string of the molecule is COC1CC(NCc2ccn(-c3ccccc3)n2)C1(C)C. The Kier molecular flexibility index (Phi) is 3.83. The van der Waals surface area contributed by atoms with Crippen LogP contribution in [0.5, 0.6) is 0 Å². The molecule has 1 heterocycles. The molecular weight excluding hydrogens is 262 g/mol. The largest absolute Gasteiger partial charge is 0.381 e. The molecule has 0 aliphatic heterocycles. The van der Waals surface area contributed by atoms with Gasteiger partial charge in [-0.05, 0) is 24.6 Å². The maximum absolute atomic E-state index is 5.49. The van der Waals surface area contributed by atoms with Crippen LogP contribution in [-0.2, 0) is 11.3 Å². The van der Waals surface area contributed by atoms with Gasteiger partial charge in [0.1, 0.15) is 0 Å². The summed E-state index contributed by atoms with van der Waals surface area (Å²) >= 11 is 0. The summed E-state index contributed by atoms with van der Waals surface area (Å²) in [7, 11) is 1.80. The van der Waals surface area contributed by atoms with E-state index in [0.717, 1.165) is 24.3 Å². The smallest absolute Gasteiger partial charge is 0.0766 e. The van der Waals surface area contributed by atoms with Gasteiger partial charge in [-0.2, -0.15) is 5.10 Å². The van der Waals surface area contributed by atoms with E-state index in [1.165, 1.54) is 0 Å². The second-order valence-electron chi connectivity index (χ2n) is 6.30. The number of ether oxygens (including phenoxy) is 1. The van der Waals surface area contributed by atoms with Crippen molar-refractivity contribution in [1.82, 2.24) is 15.1 Å². The van der Waals surface area contributed by atoms with Crippen molar-refractivity contribution in [3.63, 3.8) is 0 Å². The topological polar surface area (TPSA) is 39.1 Å². The summed E-state index contributed by atoms with van der Waals surface area (Å²) in [6, 6.07) is 12.7. The van der Waals surface area contributed by atoms with Crippen molar-refractivity contribution in [2.24, 2.45) is 5.41 Å². The molecule has 0 bridgehead atoms. The molecule has 2 atom stereocenters. The number of para-hydroxylation sites is 1. The second kappa shape index (κ2) is 5.62. The van der Waals surface area contributed by atoms with E-state index in [1.54, 1.807) is 7.11 Å². The zero-order chi connectivity index (χ0) is 14.9. The second-order valence-corrected chi connectivity index (χ2v) is 6.30. The van der Waals surface area contributed by atoms with Crippen molar-refractivity contribution in [2.45, 2.75) is 39.0 Å². The van der Waals surface area contributed by atoms with Crippen LogP contribution < -0.4 is 5.32 Å². The van der Waals surface area contributed by atoms with Gasteiger partial charge in [0.25, 0.3) is 0 Å². The fraction of sp³-hybridized carbons (Fsp3) is 0.471. The molecule has 112 valence electrons. The summed E-state index contributed by atoms with van der Waals surface area (Å²) in [6.45, 7) is 5.31. The lowest BCUT2D eigenvalue weighted by Gasteiger charge is -2.51. The van der Waals surface area contributed by atoms with E-state index in [4.69, 9.17) is 4.74 Å². The monoisotopic (exact) mass is 285 g/mol. The van der Waals surface area contributed by atoms with Gasteiger partial charge in [0.05, 0.1) is 17.5 Å². The van der Waals surface area contributed by atoms with Crippen molar-refractivity contribution in [2.75, 3.05) is 7.11 Å². The molecule has 21 heavy (non-hydrogen) atoms. The van der Waals surface area contributed by atoms with E-state index >= 15 is 0 Å². The first-order valence-electron chi connectivity index (χ1n) is 7.47. The number of hydrogen-bond donors (Lipinski definition) is 1. The summed E-state index contributed by atoms with van der Waals surface area (Å²) in [5.74, 6) is 0. The molecule has 2 aromatic rings. The van der Waals surface area contributed by atoms with Gasteiger partial charge in [-0.15, -0.1) is 0 Å². The summed E-state index contributed by atoms with van der Waals surface area (Å²) in [4.78, 5) is 0. The lowest BCUT2D eigenvalue weighted by Crippen LogP contribution is -2.60. The Morgan fingerprint density at radius 1 is 1.29 bits per heavy atom. The van der Waals surface area contributed by atoms with Crippen LogP contribution in [0.3, 0.4) is 0 Å². The van der Waals surface area contributed by atoms with E-state index in [1.807, 2.05) is 29.1 Å². The Morgan fingerprint density at radius 3 is 2.71 bits per heavy atom. The van der Waals surface area contributed by atoms with Crippen LogP contribution in [0.1, 0.15) is 26.0 Å². The fourth-order valence-corrected chi connectivity index (χ4v) is 3.04. The Bertz CT molecular complexity index is 591. The van der Waals surface area contributed by atoms with E-state index in [0.29, 0.717) is 12.1 Å². The summed E-state index contributed by atoms with van der Waals surface area (Å²) in [5.41, 5.74) is 2.35. The van der Waals surface area contributed by atoms with Crippen LogP contribution in [-0.4, -0.2) is 29.0 Å². The molecule has 2 unspecified atom stereocenters. The minimum Gasteiger partial charge on any atom is -0.381 e. The number of aromatic nitrogens is 2. The molecular formula is C17H23N3O. The van der Waals surface area contributed by atoms with Crippen molar-refractivity contribution in [3.05, 3.63) is 48.3 Å². The number of nitrogens with one attached hydrogen (secondary N) is 1. The Balaban J connectivity index is 1.59. The van der Waals surface area contributed by atoms with Gasteiger partial charge < -0.3 is 10.1 Å². The highest BCUT2D eigenvalue weighted by molar-refractivity contribution is 5.30. The van der Waals surface area contributed by atoms with E-state index in [2.05, 4.69) is 42.5 Å². The van der Waals surface area contributed by atoms with Gasteiger partial charge in [-0.1, -0.05) is 32.0 Å². The molecule has 0 amide bonds. The van der Waals surface area contributed by atoms with Crippen molar-refractivity contribution < 1.29 is 4.74 Å². The molecule has 1 saturated carbocycles. The van der Waals surface area contributed by atoms with Crippen LogP contribution in [0.25, 0.3) is 5.69 Å². The molecule has 0 radical (unpaired) electrons. The van der Waals surface area contributed by atoms with E-state index < -0.39 is 0 Å². The molecule has 1 N–H and O–H groups in total. The van der Waals surface area contributed by atoms with Gasteiger partial charge in [-0.25, -0.2) is 4.68 Å². The Labute approximate surface area is 126 Å². The number of nitrogens with zero attached hydrogens (tertiary/aromatic N) is 2. The quantitative estimate of drug-likeness (QED) is 0.918. The summed E-state index contributed by atoms with van der Waals surface area (Å²) in [5, 5.41) is 8.22. The van der Waals surface area contributed by atoms with Crippen molar-refractivity contribution >= 4 is 0 Å². The third-order valence-corrected chi connectivity index (χ3v) is 4.66. The van der Waals surface area contributed by atoms with Crippen molar-refractivity contribution in [3.8, 4) is 5.69 Å². The average molecular weight is 285 g/mol. The highest BCUT2D eigenvalue weighted by atomic mass is 16.5. The number of rotatable bonds is 5. The Morgan fingerprint density at radius 2 is 2.05 bits per heavy atom. The van der Waals surface area contributed by atoms with Crippen LogP contribution >= 0.6 is 0 Å². The summed E-state index contributed by atoms with van der Waals surface area (Å²) < 4.78 is 7.40. The van der Waals surface area contributed by atoms with Crippen LogP contribution in [0.15, 0.2) is 42.6 Å². The Hall–Kier alpha value is -1.65. The molecule has 0 spiro atoms. The molecule has 1 aromatic carbocycles. The number of benzene rings is 1. The third-order valence-electron chi connectivity index (χ3n) is 4.66. The molecule has 0 saturated heterocycles. The highest BCUT2D eigenvalue weighted by Gasteiger charge is 2.48. The predicted octanol–water partition coefficient (Wildman–Crippen LogP) is 2.78. The lowest BCUT2D eigenvalue weighted by molar-refractivity contribution is -0.0979. The fourth-order valence-electron chi connectivity index (χ4n) is 3.04. The predicted molar refractivity (Wildman–Crippen MR) is 83.4 cm³/mol. The van der Waals surface area contributed by atoms with E-state index in [-0.39, 0.29) is 5.41 Å². The van der Waals surface area contributed by atoms with E-state index in [9.17, 15) is 0 Å². The zero-order valence-electron chi connectivity index (χ0n) is 12.9. The zero-order valence-corrected chi connectivity index (χ0v) is 12.9. The van der Waals surface area contributed by atoms with Gasteiger partial charge in [0.2, 0.25) is 0 Å². The lowest BCUT2D eigenvalue weighted by atomic mass is 9.64. The summed E-state index contributed by atoms with van der Waals surface area (Å²) in [6.07, 6.45) is 3.44. The normalized spacial score (nSPS) is 23.8.